The third kappa shape index (κ3) is 5.91. The van der Waals surface area contributed by atoms with E-state index in [1.54, 1.807) is 6.07 Å². The summed E-state index contributed by atoms with van der Waals surface area (Å²) in [5.41, 5.74) is 12.6. The Morgan fingerprint density at radius 1 is 0.293 bits per heavy atom. The largest absolute Gasteiger partial charge is 0.245 e. The zero-order valence-electron chi connectivity index (χ0n) is 36.3. The minimum absolute atomic E-state index is 0.0675. The first-order chi connectivity index (χ1) is 30.8. The number of hydrogen-bond donors (Lipinski definition) is 0. The van der Waals surface area contributed by atoms with Gasteiger partial charge in [-0.1, -0.05) is 194 Å². The topological polar surface area (TPSA) is 25.8 Å². The summed E-state index contributed by atoms with van der Waals surface area (Å²) < 4.78 is 41.5. The van der Waals surface area contributed by atoms with Gasteiger partial charge in [-0.25, -0.2) is 9.97 Å². The van der Waals surface area contributed by atoms with Gasteiger partial charge in [0.1, 0.15) is 0 Å². The summed E-state index contributed by atoms with van der Waals surface area (Å²) in [7, 11) is 0. The molecular weight excluding hydrogens is 701 g/mol. The van der Waals surface area contributed by atoms with Crippen LogP contribution in [0.4, 0.5) is 0 Å². The highest BCUT2D eigenvalue weighted by atomic mass is 14.8. The van der Waals surface area contributed by atoms with Gasteiger partial charge in [0.15, 0.2) is 0 Å². The van der Waals surface area contributed by atoms with Crippen molar-refractivity contribution in [3.63, 3.8) is 0 Å². The minimum Gasteiger partial charge on any atom is -0.245 e. The van der Waals surface area contributed by atoms with E-state index in [9.17, 15) is 0 Å². The molecule has 0 radical (unpaired) electrons. The second-order valence-corrected chi connectivity index (χ2v) is 14.5. The van der Waals surface area contributed by atoms with E-state index in [4.69, 9.17) is 16.8 Å². The van der Waals surface area contributed by atoms with Crippen molar-refractivity contribution in [2.24, 2.45) is 0 Å². The molecule has 270 valence electrons. The molecule has 0 unspecified atom stereocenters. The van der Waals surface area contributed by atoms with Crippen LogP contribution < -0.4 is 0 Å². The lowest BCUT2D eigenvalue weighted by Crippen LogP contribution is -1.93. The Labute approximate surface area is 344 Å². The van der Waals surface area contributed by atoms with E-state index in [2.05, 4.69) is 152 Å². The van der Waals surface area contributed by atoms with Crippen LogP contribution in [0.15, 0.2) is 218 Å². The van der Waals surface area contributed by atoms with E-state index >= 15 is 0 Å². The number of hydrogen-bond acceptors (Lipinski definition) is 2. The van der Waals surface area contributed by atoms with Crippen LogP contribution in [-0.4, -0.2) is 9.97 Å². The van der Waals surface area contributed by atoms with Crippen molar-refractivity contribution in [1.82, 2.24) is 9.97 Å². The first kappa shape index (κ1) is 28.7. The molecule has 0 spiro atoms. The second kappa shape index (κ2) is 14.1. The van der Waals surface area contributed by atoms with Gasteiger partial charge in [0, 0.05) is 21.9 Å². The Morgan fingerprint density at radius 2 is 0.690 bits per heavy atom. The average Bonchev–Trinajstić information content (AvgIpc) is 3.34. The molecule has 0 amide bonds. The molecule has 0 bridgehead atoms. The second-order valence-electron chi connectivity index (χ2n) is 14.5. The Morgan fingerprint density at radius 3 is 1.19 bits per heavy atom. The maximum Gasteiger partial charge on any atom is 0.0972 e. The number of rotatable bonds is 6. The highest BCUT2D eigenvalue weighted by Gasteiger charge is 2.19. The Hall–Kier alpha value is -7.68. The SMILES string of the molecule is [2H]c1c([2H])c([2H])c(-c2ccc3ccc4ccc(-c5ccc(-c6ccc7c(-c8ccccc8)c8cc(-c9ccccc9)ccc8c(-c8ccccc8)c7c6)cc5)nc4c3n2)c([2H])c1[2H]. The summed E-state index contributed by atoms with van der Waals surface area (Å²) in [6, 6.07) is 64.0. The molecule has 0 atom stereocenters. The highest BCUT2D eigenvalue weighted by molar-refractivity contribution is 6.22. The van der Waals surface area contributed by atoms with Crippen LogP contribution in [0.3, 0.4) is 0 Å². The van der Waals surface area contributed by atoms with Gasteiger partial charge in [0.25, 0.3) is 0 Å². The Balaban J connectivity index is 1.04. The molecule has 11 aromatic rings. The number of aromatic nitrogens is 2. The normalized spacial score (nSPS) is 12.7. The highest BCUT2D eigenvalue weighted by Crippen LogP contribution is 2.46. The first-order valence-electron chi connectivity index (χ1n) is 21.9. The standard InChI is InChI=1S/C56H36N2/c1-5-13-37(14-6-1)45-27-31-47-49(35-45)53(41-17-9-3-10-18-41)48-32-28-46(36-50(48)54(47)42-19-11-4-12-20-42)38-21-23-40(24-22-38)52-34-30-44-26-25-43-29-33-51(39-15-7-2-8-16-39)57-55(43)56(44)58-52/h1-36H/i2D,7D,8D,15D,16D. The van der Waals surface area contributed by atoms with Crippen molar-refractivity contribution < 1.29 is 6.85 Å². The molecule has 2 heteroatoms. The third-order valence-electron chi connectivity index (χ3n) is 11.1. The number of fused-ring (bicyclic) bond motifs is 5. The molecule has 2 heterocycles. The smallest absolute Gasteiger partial charge is 0.0972 e. The number of pyridine rings is 2. The van der Waals surface area contributed by atoms with E-state index in [0.717, 1.165) is 38.7 Å². The first-order valence-corrected chi connectivity index (χ1v) is 19.4. The lowest BCUT2D eigenvalue weighted by molar-refractivity contribution is 1.36. The van der Waals surface area contributed by atoms with E-state index in [-0.39, 0.29) is 17.6 Å². The molecule has 2 nitrogen and oxygen atoms in total. The van der Waals surface area contributed by atoms with Crippen LogP contribution in [0.25, 0.3) is 110 Å². The molecular formula is C56H36N2. The quantitative estimate of drug-likeness (QED) is 0.125. The monoisotopic (exact) mass is 741 g/mol. The molecule has 58 heavy (non-hydrogen) atoms. The van der Waals surface area contributed by atoms with Crippen molar-refractivity contribution in [1.29, 1.82) is 0 Å². The Bertz CT molecular complexity index is 3570. The maximum absolute atomic E-state index is 8.54. The van der Waals surface area contributed by atoms with Crippen LogP contribution in [-0.2, 0) is 0 Å². The number of benzene rings is 9. The van der Waals surface area contributed by atoms with Crippen molar-refractivity contribution in [2.75, 3.05) is 0 Å². The lowest BCUT2D eigenvalue weighted by Gasteiger charge is -2.19. The average molecular weight is 742 g/mol. The summed E-state index contributed by atoms with van der Waals surface area (Å²) in [5.74, 6) is 0. The van der Waals surface area contributed by atoms with E-state index in [1.807, 2.05) is 30.3 Å². The van der Waals surface area contributed by atoms with Gasteiger partial charge >= 0.3 is 0 Å². The molecule has 0 aliphatic heterocycles. The van der Waals surface area contributed by atoms with Gasteiger partial charge < -0.3 is 0 Å². The maximum atomic E-state index is 8.54. The fourth-order valence-electron chi connectivity index (χ4n) is 8.33. The molecule has 0 aliphatic rings. The zero-order chi connectivity index (χ0) is 42.8. The van der Waals surface area contributed by atoms with E-state index in [0.29, 0.717) is 16.7 Å². The van der Waals surface area contributed by atoms with Crippen molar-refractivity contribution >= 4 is 43.4 Å². The lowest BCUT2D eigenvalue weighted by atomic mass is 9.84. The minimum atomic E-state index is -0.432. The fraction of sp³-hybridized carbons (Fsp3) is 0. The number of nitrogens with zero attached hydrogens (tertiary/aromatic N) is 2. The van der Waals surface area contributed by atoms with Gasteiger partial charge in [0.2, 0.25) is 0 Å². The van der Waals surface area contributed by atoms with Crippen LogP contribution in [0.5, 0.6) is 0 Å². The summed E-state index contributed by atoms with van der Waals surface area (Å²) in [5, 5.41) is 6.50. The summed E-state index contributed by atoms with van der Waals surface area (Å²) >= 11 is 0. The molecule has 11 rings (SSSR count). The molecule has 0 saturated heterocycles. The molecule has 2 aromatic heterocycles. The molecule has 0 aliphatic carbocycles. The molecule has 0 N–H and O–H groups in total. The van der Waals surface area contributed by atoms with Gasteiger partial charge in [-0.15, -0.1) is 0 Å². The predicted octanol–water partition coefficient (Wildman–Crippen LogP) is 15.1. The van der Waals surface area contributed by atoms with E-state index < -0.39 is 18.1 Å². The summed E-state index contributed by atoms with van der Waals surface area (Å²) in [6.07, 6.45) is 0. The van der Waals surface area contributed by atoms with Crippen LogP contribution in [0.1, 0.15) is 6.85 Å². The predicted molar refractivity (Wildman–Crippen MR) is 245 cm³/mol. The summed E-state index contributed by atoms with van der Waals surface area (Å²) in [4.78, 5) is 10.0. The Kier molecular flexibility index (Phi) is 6.98. The summed E-state index contributed by atoms with van der Waals surface area (Å²) in [6.45, 7) is 0. The molecule has 0 saturated carbocycles. The van der Waals surface area contributed by atoms with Crippen LogP contribution >= 0.6 is 0 Å². The molecule has 9 aromatic carbocycles. The third-order valence-corrected chi connectivity index (χ3v) is 11.1. The molecule has 0 fully saturated rings. The zero-order valence-corrected chi connectivity index (χ0v) is 31.3. The van der Waals surface area contributed by atoms with Crippen molar-refractivity contribution in [3.05, 3.63) is 218 Å². The van der Waals surface area contributed by atoms with Crippen LogP contribution in [0, 0.1) is 0 Å². The van der Waals surface area contributed by atoms with Gasteiger partial charge in [0.05, 0.1) is 29.3 Å². The van der Waals surface area contributed by atoms with E-state index in [1.165, 1.54) is 49.4 Å². The van der Waals surface area contributed by atoms with Crippen molar-refractivity contribution in [3.8, 4) is 67.0 Å². The van der Waals surface area contributed by atoms with Gasteiger partial charge in [-0.05, 0) is 90.3 Å². The van der Waals surface area contributed by atoms with Gasteiger partial charge in [-0.2, -0.15) is 0 Å². The van der Waals surface area contributed by atoms with Crippen LogP contribution in [0.2, 0.25) is 0 Å². The van der Waals surface area contributed by atoms with Crippen molar-refractivity contribution in [2.45, 2.75) is 0 Å². The van der Waals surface area contributed by atoms with Gasteiger partial charge in [-0.3, -0.25) is 0 Å². The fourth-order valence-corrected chi connectivity index (χ4v) is 8.33.